The Labute approximate surface area is 303 Å². The van der Waals surface area contributed by atoms with Crippen molar-refractivity contribution in [3.63, 3.8) is 0 Å². The molecule has 0 saturated carbocycles. The highest BCUT2D eigenvalue weighted by atomic mass is 31.1. The Morgan fingerprint density at radius 3 is 1.10 bits per heavy atom. The van der Waals surface area contributed by atoms with Crippen LogP contribution in [-0.2, 0) is 9.59 Å². The standard InChI is InChI=1S/C36H68O2P.C7H17NO/c1-3-5-7-9-11-13-15-17-19-21-23-25-27-29-31-33-35(37)39-36(38)34-32-30-28-26-24-22-20-18-16-14-12-10-8-6-4-2;1-2-3-4-5-7(9)6-8/h17,19H,3-16,18,20-34H2,1-2H3;7,9H,2-6,8H2,1H3/b19-17-;. The fourth-order valence-electron chi connectivity index (χ4n) is 5.99. The molecule has 0 amide bonds. The Kier molecular flexibility index (Phi) is 45.9. The normalized spacial score (nSPS) is 12.2. The fourth-order valence-corrected chi connectivity index (χ4v) is 6.81. The van der Waals surface area contributed by atoms with E-state index in [0.29, 0.717) is 28.0 Å². The van der Waals surface area contributed by atoms with Crippen LogP contribution in [-0.4, -0.2) is 28.8 Å². The lowest BCUT2D eigenvalue weighted by Gasteiger charge is -2.04. The second kappa shape index (κ2) is 44.5. The van der Waals surface area contributed by atoms with Gasteiger partial charge >= 0.3 is 0 Å². The Morgan fingerprint density at radius 2 is 0.771 bits per heavy atom. The summed E-state index contributed by atoms with van der Waals surface area (Å²) in [5, 5.41) is 8.96. The maximum atomic E-state index is 12.1. The summed E-state index contributed by atoms with van der Waals surface area (Å²) in [6.07, 6.45) is 46.6. The van der Waals surface area contributed by atoms with Crippen LogP contribution >= 0.6 is 8.58 Å². The minimum absolute atomic E-state index is 0.138. The van der Waals surface area contributed by atoms with Crippen molar-refractivity contribution in [3.05, 3.63) is 12.2 Å². The highest BCUT2D eigenvalue weighted by molar-refractivity contribution is 7.73. The molecular formula is C43H85NO3P. The van der Waals surface area contributed by atoms with Gasteiger partial charge in [-0.3, -0.25) is 9.59 Å². The van der Waals surface area contributed by atoms with Gasteiger partial charge in [0.1, 0.15) is 0 Å². The minimum Gasteiger partial charge on any atom is -0.392 e. The molecule has 0 aliphatic heterocycles. The van der Waals surface area contributed by atoms with Gasteiger partial charge < -0.3 is 10.8 Å². The molecule has 0 aromatic heterocycles. The monoisotopic (exact) mass is 695 g/mol. The van der Waals surface area contributed by atoms with Crippen LogP contribution in [0.25, 0.3) is 0 Å². The second-order valence-electron chi connectivity index (χ2n) is 14.3. The average molecular weight is 695 g/mol. The topological polar surface area (TPSA) is 80.4 Å². The fraction of sp³-hybridized carbons (Fsp3) is 0.907. The lowest BCUT2D eigenvalue weighted by molar-refractivity contribution is -0.113. The summed E-state index contributed by atoms with van der Waals surface area (Å²) in [6, 6.07) is 0. The van der Waals surface area contributed by atoms with E-state index in [9.17, 15) is 9.59 Å². The molecule has 0 spiro atoms. The van der Waals surface area contributed by atoms with Crippen molar-refractivity contribution in [1.29, 1.82) is 0 Å². The van der Waals surface area contributed by atoms with Crippen LogP contribution in [0.1, 0.15) is 239 Å². The number of aliphatic hydroxyl groups excluding tert-OH is 1. The lowest BCUT2D eigenvalue weighted by atomic mass is 10.0. The van der Waals surface area contributed by atoms with Crippen LogP contribution in [0.3, 0.4) is 0 Å². The number of rotatable bonds is 38. The van der Waals surface area contributed by atoms with Gasteiger partial charge in [-0.2, -0.15) is 0 Å². The number of carbonyl (C=O) groups excluding carboxylic acids is 2. The third-order valence-corrected chi connectivity index (χ3v) is 10.3. The van der Waals surface area contributed by atoms with Crippen LogP contribution in [0, 0.1) is 0 Å². The first-order valence-electron chi connectivity index (χ1n) is 21.3. The van der Waals surface area contributed by atoms with E-state index in [1.165, 1.54) is 167 Å². The van der Waals surface area contributed by atoms with Crippen molar-refractivity contribution in [3.8, 4) is 0 Å². The van der Waals surface area contributed by atoms with Gasteiger partial charge in [0, 0.05) is 19.4 Å². The third-order valence-electron chi connectivity index (χ3n) is 9.31. The summed E-state index contributed by atoms with van der Waals surface area (Å²) in [4.78, 5) is 24.2. The van der Waals surface area contributed by atoms with Crippen molar-refractivity contribution in [2.45, 2.75) is 245 Å². The molecule has 1 unspecified atom stereocenters. The van der Waals surface area contributed by atoms with E-state index in [0.717, 1.165) is 38.5 Å². The van der Waals surface area contributed by atoms with Crippen LogP contribution in [0.4, 0.5) is 0 Å². The summed E-state index contributed by atoms with van der Waals surface area (Å²) in [6.45, 7) is 7.11. The number of nitrogens with two attached hydrogens (primary N) is 1. The van der Waals surface area contributed by atoms with E-state index in [4.69, 9.17) is 10.8 Å². The van der Waals surface area contributed by atoms with Crippen molar-refractivity contribution < 1.29 is 14.7 Å². The minimum atomic E-state index is -0.267. The SMILES string of the molecule is CCCCCC(O)CN.CCCCCCCC/C=C\CCCCCCCC(=O)[P]C(=O)CCCCCCCCCCCCCCCCC. The molecule has 0 fully saturated rings. The van der Waals surface area contributed by atoms with Gasteiger partial charge in [0.15, 0.2) is 11.0 Å². The predicted octanol–water partition coefficient (Wildman–Crippen LogP) is 14.2. The summed E-state index contributed by atoms with van der Waals surface area (Å²) in [7, 11) is 0.450. The summed E-state index contributed by atoms with van der Waals surface area (Å²) in [5.41, 5.74) is 5.48. The van der Waals surface area contributed by atoms with Crippen molar-refractivity contribution in [1.82, 2.24) is 0 Å². The first-order chi connectivity index (χ1) is 23.5. The number of unbranched alkanes of at least 4 members (excludes halogenated alkanes) is 27. The number of hydrogen-bond acceptors (Lipinski definition) is 4. The summed E-state index contributed by atoms with van der Waals surface area (Å²) < 4.78 is 0. The zero-order chi connectivity index (χ0) is 35.6. The third kappa shape index (κ3) is 45.4. The molecular weight excluding hydrogens is 609 g/mol. The smallest absolute Gasteiger partial charge is 0.167 e. The molecule has 0 rings (SSSR count). The number of carbonyl (C=O) groups is 2. The molecule has 285 valence electrons. The second-order valence-corrected chi connectivity index (χ2v) is 15.5. The van der Waals surface area contributed by atoms with Crippen LogP contribution in [0.5, 0.6) is 0 Å². The Morgan fingerprint density at radius 1 is 0.479 bits per heavy atom. The Hall–Kier alpha value is -0.570. The van der Waals surface area contributed by atoms with E-state index in [1.54, 1.807) is 0 Å². The van der Waals surface area contributed by atoms with E-state index in [1.807, 2.05) is 0 Å². The first kappa shape index (κ1) is 49.5. The largest absolute Gasteiger partial charge is 0.392 e. The van der Waals surface area contributed by atoms with Crippen molar-refractivity contribution in [2.75, 3.05) is 6.54 Å². The first-order valence-corrected chi connectivity index (χ1v) is 22.2. The zero-order valence-electron chi connectivity index (χ0n) is 32.8. The molecule has 0 aliphatic carbocycles. The van der Waals surface area contributed by atoms with Gasteiger partial charge in [-0.25, -0.2) is 0 Å². The molecule has 0 aromatic carbocycles. The van der Waals surface area contributed by atoms with Gasteiger partial charge in [-0.05, 0) is 44.9 Å². The van der Waals surface area contributed by atoms with E-state index >= 15 is 0 Å². The van der Waals surface area contributed by atoms with E-state index in [2.05, 4.69) is 32.9 Å². The molecule has 0 heterocycles. The van der Waals surface area contributed by atoms with Gasteiger partial charge in [-0.1, -0.05) is 193 Å². The van der Waals surface area contributed by atoms with Gasteiger partial charge in [0.05, 0.1) is 14.7 Å². The molecule has 0 aliphatic rings. The lowest BCUT2D eigenvalue weighted by Crippen LogP contribution is -2.19. The van der Waals surface area contributed by atoms with Gasteiger partial charge in [0.2, 0.25) is 0 Å². The molecule has 3 N–H and O–H groups in total. The molecule has 1 atom stereocenters. The molecule has 1 radical (unpaired) electrons. The number of hydrogen-bond donors (Lipinski definition) is 2. The summed E-state index contributed by atoms with van der Waals surface area (Å²) >= 11 is 0. The zero-order valence-corrected chi connectivity index (χ0v) is 33.7. The van der Waals surface area contributed by atoms with Crippen molar-refractivity contribution in [2.24, 2.45) is 5.73 Å². The maximum absolute atomic E-state index is 12.1. The van der Waals surface area contributed by atoms with Crippen LogP contribution < -0.4 is 5.73 Å². The van der Waals surface area contributed by atoms with Crippen LogP contribution in [0.2, 0.25) is 0 Å². The molecule has 0 saturated heterocycles. The average Bonchev–Trinajstić information content (AvgIpc) is 3.08. The van der Waals surface area contributed by atoms with E-state index < -0.39 is 0 Å². The van der Waals surface area contributed by atoms with Crippen LogP contribution in [0.15, 0.2) is 12.2 Å². The molecule has 48 heavy (non-hydrogen) atoms. The van der Waals surface area contributed by atoms with Gasteiger partial charge in [0.25, 0.3) is 0 Å². The molecule has 4 nitrogen and oxygen atoms in total. The number of aliphatic hydroxyl groups is 1. The highest BCUT2D eigenvalue weighted by Gasteiger charge is 2.10. The summed E-state index contributed by atoms with van der Waals surface area (Å²) in [5.74, 6) is 0. The quantitative estimate of drug-likeness (QED) is 0.0383. The van der Waals surface area contributed by atoms with Crippen molar-refractivity contribution >= 4 is 19.6 Å². The van der Waals surface area contributed by atoms with Gasteiger partial charge in [-0.15, -0.1) is 0 Å². The number of allylic oxidation sites excluding steroid dienone is 2. The maximum Gasteiger partial charge on any atom is 0.167 e. The van der Waals surface area contributed by atoms with E-state index in [-0.39, 0.29) is 17.2 Å². The molecule has 0 aromatic rings. The highest BCUT2D eigenvalue weighted by Crippen LogP contribution is 2.22. The predicted molar refractivity (Wildman–Crippen MR) is 215 cm³/mol. The Bertz CT molecular complexity index is 668. The molecule has 5 heteroatoms. The molecule has 0 bridgehead atoms. The Balaban J connectivity index is 0.